The van der Waals surface area contributed by atoms with Gasteiger partial charge in [0.05, 0.1) is 29.8 Å². The van der Waals surface area contributed by atoms with Gasteiger partial charge in [-0.1, -0.05) is 20.8 Å². The molecule has 17 heteroatoms. The number of carbonyl (C=O) groups excluding carboxylic acids is 6. The zero-order chi connectivity index (χ0) is 38.2. The second kappa shape index (κ2) is 11.0. The summed E-state index contributed by atoms with van der Waals surface area (Å²) in [7, 11) is 0. The lowest BCUT2D eigenvalue weighted by Crippen LogP contribution is -2.99. The molecule has 6 fully saturated rings. The highest BCUT2D eigenvalue weighted by atomic mass is 16.6. The van der Waals surface area contributed by atoms with E-state index in [0.717, 1.165) is 20.8 Å². The van der Waals surface area contributed by atoms with Crippen LogP contribution in [0.2, 0.25) is 0 Å². The first-order valence-electron chi connectivity index (χ1n) is 17.1. The summed E-state index contributed by atoms with van der Waals surface area (Å²) in [6.07, 6.45) is -9.43. The predicted molar refractivity (Wildman–Crippen MR) is 165 cm³/mol. The van der Waals surface area contributed by atoms with Gasteiger partial charge in [0.25, 0.3) is 0 Å². The molecule has 6 aliphatic rings. The molecule has 3 heterocycles. The Balaban J connectivity index is 1.65. The summed E-state index contributed by atoms with van der Waals surface area (Å²) < 4.78 is 40.3. The summed E-state index contributed by atoms with van der Waals surface area (Å²) in [5.74, 6) is -8.79. The molecule has 0 radical (unpaired) electrons. The molecule has 2 bridgehead atoms. The minimum Gasteiger partial charge on any atom is -0.472 e. The van der Waals surface area contributed by atoms with Crippen LogP contribution in [-0.4, -0.2) is 110 Å². The van der Waals surface area contributed by atoms with E-state index < -0.39 is 143 Å². The van der Waals surface area contributed by atoms with E-state index in [1.807, 2.05) is 0 Å². The van der Waals surface area contributed by atoms with Crippen LogP contribution < -0.4 is 0 Å². The molecule has 1 aromatic rings. The van der Waals surface area contributed by atoms with Crippen molar-refractivity contribution < 1.29 is 82.0 Å². The maximum Gasteiger partial charge on any atom is 0.306 e. The summed E-state index contributed by atoms with van der Waals surface area (Å²) in [5, 5.41) is 54.4. The van der Waals surface area contributed by atoms with Gasteiger partial charge in [-0.2, -0.15) is 0 Å². The van der Waals surface area contributed by atoms with Crippen LogP contribution in [0, 0.1) is 28.1 Å². The lowest BCUT2D eigenvalue weighted by molar-refractivity contribution is -0.471. The molecule has 7 rings (SSSR count). The zero-order valence-corrected chi connectivity index (χ0v) is 29.4. The van der Waals surface area contributed by atoms with E-state index in [9.17, 15) is 49.2 Å². The van der Waals surface area contributed by atoms with E-state index >= 15 is 0 Å². The molecule has 284 valence electrons. The largest absolute Gasteiger partial charge is 0.472 e. The molecule has 4 saturated carbocycles. The molecule has 4 N–H and O–H groups in total. The van der Waals surface area contributed by atoms with Crippen LogP contribution >= 0.6 is 0 Å². The van der Waals surface area contributed by atoms with Gasteiger partial charge >= 0.3 is 35.8 Å². The monoisotopic (exact) mass is 734 g/mol. The van der Waals surface area contributed by atoms with Crippen molar-refractivity contribution in [3.63, 3.8) is 0 Å². The molecule has 52 heavy (non-hydrogen) atoms. The van der Waals surface area contributed by atoms with Gasteiger partial charge in [0.2, 0.25) is 0 Å². The first-order chi connectivity index (χ1) is 24.2. The Morgan fingerprint density at radius 3 is 2.02 bits per heavy atom. The highest BCUT2D eigenvalue weighted by Crippen LogP contribution is 2.84. The van der Waals surface area contributed by atoms with Crippen molar-refractivity contribution in [1.82, 2.24) is 0 Å². The van der Waals surface area contributed by atoms with Gasteiger partial charge < -0.3 is 53.3 Å². The SMILES string of the molecule is CCC(=O)OC1C2(O)C(OC(C)=O)C3(C)CC2(O)C2(COC(=O)CC32)C2(O)C(OC(C)=O)C(OC(C)=O)C3(C)C(c4ccoc4)OC(=O)CC3C12O. The van der Waals surface area contributed by atoms with E-state index in [4.69, 9.17) is 32.8 Å². The highest BCUT2D eigenvalue weighted by molar-refractivity contribution is 5.76. The molecular formula is C35H42O17. The molecule has 1 aromatic heterocycles. The Bertz CT molecular complexity index is 1760. The minimum absolute atomic E-state index is 0.193. The lowest BCUT2D eigenvalue weighted by Gasteiger charge is -2.78. The molecule has 4 aliphatic carbocycles. The van der Waals surface area contributed by atoms with Crippen molar-refractivity contribution in [2.75, 3.05) is 6.61 Å². The molecule has 14 atom stereocenters. The lowest BCUT2D eigenvalue weighted by atomic mass is 9.32. The summed E-state index contributed by atoms with van der Waals surface area (Å²) in [5.41, 5.74) is -17.9. The number of hydrogen-bond acceptors (Lipinski definition) is 17. The van der Waals surface area contributed by atoms with Crippen molar-refractivity contribution in [3.05, 3.63) is 24.2 Å². The van der Waals surface area contributed by atoms with Gasteiger partial charge in [-0.3, -0.25) is 28.8 Å². The van der Waals surface area contributed by atoms with E-state index in [0.29, 0.717) is 0 Å². The highest BCUT2D eigenvalue weighted by Gasteiger charge is 3.01. The van der Waals surface area contributed by atoms with Gasteiger partial charge in [-0.25, -0.2) is 0 Å². The molecule has 2 saturated heterocycles. The molecular weight excluding hydrogens is 692 g/mol. The minimum atomic E-state index is -3.18. The molecule has 17 nitrogen and oxygen atoms in total. The van der Waals surface area contributed by atoms with Crippen molar-refractivity contribution >= 4 is 35.8 Å². The number of carbonyl (C=O) groups is 6. The van der Waals surface area contributed by atoms with Crippen molar-refractivity contribution in [3.8, 4) is 0 Å². The first-order valence-corrected chi connectivity index (χ1v) is 17.1. The van der Waals surface area contributed by atoms with E-state index in [1.165, 1.54) is 39.4 Å². The van der Waals surface area contributed by atoms with Crippen LogP contribution in [-0.2, 0) is 57.2 Å². The second-order valence-electron chi connectivity index (χ2n) is 15.7. The van der Waals surface area contributed by atoms with Crippen LogP contribution in [0.3, 0.4) is 0 Å². The molecule has 1 spiro atoms. The molecule has 0 amide bonds. The standard InChI is InChI=1S/C35H42O17/c1-7-21(39)52-28-33(43)20-11-23(41)51-24(18-8-9-46-12-18)30(20,6)25(48-15(2)36)26(49-16(3)37)35(33,45)31-14-47-22(40)10-19(31)29(5)13-32(31,42)34(28,44)27(29)50-17(4)38/h8-9,12,19-20,24-28,42-45H,7,10-11,13-14H2,1-6H3. The molecule has 2 aliphatic heterocycles. The number of furan rings is 1. The number of fused-ring (bicyclic) bond motifs is 5. The van der Waals surface area contributed by atoms with Crippen LogP contribution in [0.25, 0.3) is 0 Å². The normalized spacial score (nSPS) is 48.2. The number of hydrogen-bond donors (Lipinski definition) is 4. The summed E-state index contributed by atoms with van der Waals surface area (Å²) >= 11 is 0. The average molecular weight is 735 g/mol. The van der Waals surface area contributed by atoms with Gasteiger partial charge in [0, 0.05) is 50.5 Å². The number of rotatable bonds is 6. The number of aliphatic hydroxyl groups is 4. The fourth-order valence-corrected chi connectivity index (χ4v) is 11.8. The molecule has 14 unspecified atom stereocenters. The van der Waals surface area contributed by atoms with Crippen LogP contribution in [0.4, 0.5) is 0 Å². The second-order valence-corrected chi connectivity index (χ2v) is 15.7. The van der Waals surface area contributed by atoms with Crippen molar-refractivity contribution in [1.29, 1.82) is 0 Å². The Morgan fingerprint density at radius 2 is 1.44 bits per heavy atom. The third kappa shape index (κ3) is 3.86. The van der Waals surface area contributed by atoms with Crippen LogP contribution in [0.1, 0.15) is 78.9 Å². The van der Waals surface area contributed by atoms with E-state index in [2.05, 4.69) is 0 Å². The van der Waals surface area contributed by atoms with Crippen LogP contribution in [0.15, 0.2) is 23.0 Å². The van der Waals surface area contributed by atoms with Crippen LogP contribution in [0.5, 0.6) is 0 Å². The van der Waals surface area contributed by atoms with Gasteiger partial charge in [0.15, 0.2) is 23.9 Å². The maximum atomic E-state index is 13.9. The predicted octanol–water partition coefficient (Wildman–Crippen LogP) is -0.0683. The molecule has 0 aromatic carbocycles. The number of esters is 6. The summed E-state index contributed by atoms with van der Waals surface area (Å²) in [4.78, 5) is 79.2. The summed E-state index contributed by atoms with van der Waals surface area (Å²) in [6.45, 7) is 6.50. The van der Waals surface area contributed by atoms with Gasteiger partial charge in [-0.05, 0) is 18.4 Å². The Morgan fingerprint density at radius 1 is 0.827 bits per heavy atom. The number of ether oxygens (including phenoxy) is 6. The third-order valence-corrected chi connectivity index (χ3v) is 13.4. The maximum absolute atomic E-state index is 13.9. The Kier molecular flexibility index (Phi) is 7.67. The quantitative estimate of drug-likeness (QED) is 0.220. The third-order valence-electron chi connectivity index (χ3n) is 13.4. The zero-order valence-electron chi connectivity index (χ0n) is 29.4. The Labute approximate surface area is 296 Å². The van der Waals surface area contributed by atoms with E-state index in [1.54, 1.807) is 0 Å². The van der Waals surface area contributed by atoms with Gasteiger partial charge in [0.1, 0.15) is 35.6 Å². The van der Waals surface area contributed by atoms with Crippen molar-refractivity contribution in [2.45, 2.75) is 120 Å². The topological polar surface area (TPSA) is 252 Å². The smallest absolute Gasteiger partial charge is 0.306 e. The Hall–Kier alpha value is -4.06. The fraction of sp³-hybridized carbons (Fsp3) is 0.714. The van der Waals surface area contributed by atoms with E-state index in [-0.39, 0.29) is 12.0 Å². The average Bonchev–Trinajstić information content (AvgIpc) is 3.71. The summed E-state index contributed by atoms with van der Waals surface area (Å²) in [6, 6.07) is 1.43. The first kappa shape index (κ1) is 36.3. The van der Waals surface area contributed by atoms with Crippen molar-refractivity contribution in [2.24, 2.45) is 28.1 Å². The van der Waals surface area contributed by atoms with Gasteiger partial charge in [-0.15, -0.1) is 0 Å². The number of cyclic esters (lactones) is 2. The fourth-order valence-electron chi connectivity index (χ4n) is 11.8.